The van der Waals surface area contributed by atoms with Crippen molar-refractivity contribution in [2.24, 2.45) is 0 Å². The number of hydrogen-bond donors (Lipinski definition) is 0. The standard InChI is InChI=1S/C14H22N4/c1-5-6-17-9-13(7-15-17)12(4)14-8-16-18(10-14)11(2)3/h7-12H,5-6H2,1-4H3. The van der Waals surface area contributed by atoms with Gasteiger partial charge in [0.1, 0.15) is 0 Å². The second-order valence-electron chi connectivity index (χ2n) is 5.11. The van der Waals surface area contributed by atoms with Crippen LogP contribution in [0.3, 0.4) is 0 Å². The quantitative estimate of drug-likeness (QED) is 0.812. The average molecular weight is 246 g/mol. The van der Waals surface area contributed by atoms with Gasteiger partial charge in [-0.25, -0.2) is 0 Å². The lowest BCUT2D eigenvalue weighted by atomic mass is 9.99. The first kappa shape index (κ1) is 12.9. The zero-order chi connectivity index (χ0) is 13.1. The van der Waals surface area contributed by atoms with Crippen molar-refractivity contribution in [1.82, 2.24) is 19.6 Å². The lowest BCUT2D eigenvalue weighted by molar-refractivity contribution is 0.532. The van der Waals surface area contributed by atoms with Crippen molar-refractivity contribution < 1.29 is 0 Å². The molecule has 0 N–H and O–H groups in total. The third kappa shape index (κ3) is 2.63. The number of nitrogens with zero attached hydrogens (tertiary/aromatic N) is 4. The topological polar surface area (TPSA) is 35.6 Å². The fourth-order valence-corrected chi connectivity index (χ4v) is 2.01. The molecule has 1 unspecified atom stereocenters. The molecule has 0 aliphatic heterocycles. The predicted molar refractivity (Wildman–Crippen MR) is 72.6 cm³/mol. The number of hydrogen-bond acceptors (Lipinski definition) is 2. The summed E-state index contributed by atoms with van der Waals surface area (Å²) in [6.45, 7) is 9.63. The zero-order valence-corrected chi connectivity index (χ0v) is 11.7. The Morgan fingerprint density at radius 2 is 1.72 bits per heavy atom. The van der Waals surface area contributed by atoms with Crippen LogP contribution < -0.4 is 0 Å². The number of aryl methyl sites for hydroxylation is 1. The van der Waals surface area contributed by atoms with E-state index < -0.39 is 0 Å². The molecule has 0 radical (unpaired) electrons. The molecule has 0 spiro atoms. The van der Waals surface area contributed by atoms with Crippen molar-refractivity contribution in [3.63, 3.8) is 0 Å². The Balaban J connectivity index is 2.15. The minimum Gasteiger partial charge on any atom is -0.272 e. The molecule has 2 heterocycles. The van der Waals surface area contributed by atoms with Crippen LogP contribution in [0.4, 0.5) is 0 Å². The summed E-state index contributed by atoms with van der Waals surface area (Å²) in [5.74, 6) is 0.350. The van der Waals surface area contributed by atoms with E-state index in [1.165, 1.54) is 11.1 Å². The predicted octanol–water partition coefficient (Wildman–Crippen LogP) is 3.22. The Hall–Kier alpha value is -1.58. The van der Waals surface area contributed by atoms with E-state index in [0.717, 1.165) is 13.0 Å². The third-order valence-electron chi connectivity index (χ3n) is 3.26. The van der Waals surface area contributed by atoms with Gasteiger partial charge in [0, 0.05) is 30.9 Å². The van der Waals surface area contributed by atoms with E-state index in [1.54, 1.807) is 0 Å². The second-order valence-corrected chi connectivity index (χ2v) is 5.11. The maximum absolute atomic E-state index is 4.39. The van der Waals surface area contributed by atoms with Gasteiger partial charge >= 0.3 is 0 Å². The third-order valence-corrected chi connectivity index (χ3v) is 3.26. The highest BCUT2D eigenvalue weighted by Crippen LogP contribution is 2.23. The van der Waals surface area contributed by atoms with Crippen molar-refractivity contribution in [3.8, 4) is 0 Å². The van der Waals surface area contributed by atoms with Gasteiger partial charge in [0.2, 0.25) is 0 Å². The van der Waals surface area contributed by atoms with Crippen LogP contribution in [0.2, 0.25) is 0 Å². The summed E-state index contributed by atoms with van der Waals surface area (Å²) in [6, 6.07) is 0.411. The molecule has 0 saturated heterocycles. The summed E-state index contributed by atoms with van der Waals surface area (Å²) in [6.07, 6.45) is 9.31. The van der Waals surface area contributed by atoms with Crippen molar-refractivity contribution in [1.29, 1.82) is 0 Å². The van der Waals surface area contributed by atoms with Gasteiger partial charge in [0.25, 0.3) is 0 Å². The molecule has 2 aromatic heterocycles. The maximum Gasteiger partial charge on any atom is 0.0528 e. The van der Waals surface area contributed by atoms with Gasteiger partial charge in [-0.1, -0.05) is 13.8 Å². The van der Waals surface area contributed by atoms with Crippen molar-refractivity contribution in [2.45, 2.75) is 52.6 Å². The Kier molecular flexibility index (Phi) is 3.84. The van der Waals surface area contributed by atoms with E-state index in [1.807, 2.05) is 21.8 Å². The molecule has 0 bridgehead atoms. The Morgan fingerprint density at radius 3 is 2.33 bits per heavy atom. The molecule has 98 valence electrons. The highest BCUT2D eigenvalue weighted by molar-refractivity contribution is 5.25. The lowest BCUT2D eigenvalue weighted by Crippen LogP contribution is -2.00. The SMILES string of the molecule is CCCn1cc(C(C)c2cnn(C(C)C)c2)cn1. The maximum atomic E-state index is 4.39. The van der Waals surface area contributed by atoms with Gasteiger partial charge in [-0.3, -0.25) is 9.36 Å². The molecule has 1 atom stereocenters. The summed E-state index contributed by atoms with van der Waals surface area (Å²) < 4.78 is 4.01. The van der Waals surface area contributed by atoms with Crippen LogP contribution in [0, 0.1) is 0 Å². The minimum atomic E-state index is 0.350. The van der Waals surface area contributed by atoms with Gasteiger partial charge in [0.15, 0.2) is 0 Å². The van der Waals surface area contributed by atoms with Gasteiger partial charge in [-0.15, -0.1) is 0 Å². The summed E-state index contributed by atoms with van der Waals surface area (Å²) in [5.41, 5.74) is 2.51. The van der Waals surface area contributed by atoms with E-state index >= 15 is 0 Å². The van der Waals surface area contributed by atoms with Crippen LogP contribution in [0.15, 0.2) is 24.8 Å². The van der Waals surface area contributed by atoms with Crippen LogP contribution in [-0.2, 0) is 6.54 Å². The molecule has 0 aliphatic rings. The van der Waals surface area contributed by atoms with Gasteiger partial charge in [0.05, 0.1) is 12.4 Å². The number of aromatic nitrogens is 4. The second kappa shape index (κ2) is 5.38. The molecule has 4 nitrogen and oxygen atoms in total. The molecular weight excluding hydrogens is 224 g/mol. The molecular formula is C14H22N4. The largest absolute Gasteiger partial charge is 0.272 e. The fraction of sp³-hybridized carbons (Fsp3) is 0.571. The van der Waals surface area contributed by atoms with Crippen molar-refractivity contribution >= 4 is 0 Å². The average Bonchev–Trinajstić information content (AvgIpc) is 2.97. The number of rotatable bonds is 5. The molecule has 4 heteroatoms. The summed E-state index contributed by atoms with van der Waals surface area (Å²) in [5, 5.41) is 8.78. The van der Waals surface area contributed by atoms with E-state index in [2.05, 4.69) is 50.3 Å². The first-order valence-electron chi connectivity index (χ1n) is 6.68. The molecule has 0 aromatic carbocycles. The van der Waals surface area contributed by atoms with E-state index in [-0.39, 0.29) is 0 Å². The van der Waals surface area contributed by atoms with Crippen LogP contribution in [0.5, 0.6) is 0 Å². The molecule has 2 rings (SSSR count). The van der Waals surface area contributed by atoms with Crippen LogP contribution in [0.25, 0.3) is 0 Å². The molecule has 0 aliphatic carbocycles. The van der Waals surface area contributed by atoms with E-state index in [9.17, 15) is 0 Å². The summed E-state index contributed by atoms with van der Waals surface area (Å²) in [7, 11) is 0. The smallest absolute Gasteiger partial charge is 0.0528 e. The summed E-state index contributed by atoms with van der Waals surface area (Å²) >= 11 is 0. The first-order chi connectivity index (χ1) is 8.61. The zero-order valence-electron chi connectivity index (χ0n) is 11.7. The normalized spacial score (nSPS) is 13.2. The van der Waals surface area contributed by atoms with Crippen molar-refractivity contribution in [3.05, 3.63) is 35.9 Å². The fourth-order valence-electron chi connectivity index (χ4n) is 2.01. The van der Waals surface area contributed by atoms with Crippen LogP contribution >= 0.6 is 0 Å². The van der Waals surface area contributed by atoms with Gasteiger partial charge in [-0.05, 0) is 31.4 Å². The van der Waals surface area contributed by atoms with Crippen LogP contribution in [-0.4, -0.2) is 19.6 Å². The highest BCUT2D eigenvalue weighted by atomic mass is 15.3. The molecule has 0 amide bonds. The van der Waals surface area contributed by atoms with Gasteiger partial charge < -0.3 is 0 Å². The van der Waals surface area contributed by atoms with E-state index in [4.69, 9.17) is 0 Å². The summed E-state index contributed by atoms with van der Waals surface area (Å²) in [4.78, 5) is 0. The Bertz CT molecular complexity index is 495. The highest BCUT2D eigenvalue weighted by Gasteiger charge is 2.13. The van der Waals surface area contributed by atoms with Crippen molar-refractivity contribution in [2.75, 3.05) is 0 Å². The molecule has 0 fully saturated rings. The lowest BCUT2D eigenvalue weighted by Gasteiger charge is -2.07. The molecule has 18 heavy (non-hydrogen) atoms. The minimum absolute atomic E-state index is 0.350. The first-order valence-corrected chi connectivity index (χ1v) is 6.68. The van der Waals surface area contributed by atoms with Crippen LogP contribution in [0.1, 0.15) is 57.2 Å². The molecule has 2 aromatic rings. The monoisotopic (exact) mass is 246 g/mol. The Morgan fingerprint density at radius 1 is 1.06 bits per heavy atom. The van der Waals surface area contributed by atoms with E-state index in [0.29, 0.717) is 12.0 Å². The van der Waals surface area contributed by atoms with Gasteiger partial charge in [-0.2, -0.15) is 10.2 Å². The molecule has 0 saturated carbocycles. The Labute approximate surface area is 109 Å².